The molecule has 1 amide bonds. The Hall–Kier alpha value is -2.15. The van der Waals surface area contributed by atoms with Crippen LogP contribution in [0.25, 0.3) is 0 Å². The Morgan fingerprint density at radius 2 is 2.04 bits per heavy atom. The lowest BCUT2D eigenvalue weighted by Crippen LogP contribution is -2.45. The highest BCUT2D eigenvalue weighted by Gasteiger charge is 2.24. The normalized spacial score (nSPS) is 13.3. The first-order valence-corrected chi connectivity index (χ1v) is 8.46. The van der Waals surface area contributed by atoms with E-state index in [4.69, 9.17) is 4.74 Å². The molecule has 0 saturated heterocycles. The number of carbonyl (C=O) groups excluding carboxylic acids is 1. The van der Waals surface area contributed by atoms with Crippen LogP contribution in [-0.2, 0) is 9.53 Å². The molecule has 140 valence electrons. The zero-order valence-electron chi connectivity index (χ0n) is 16.1. The molecule has 0 bridgehead atoms. The molecule has 0 spiro atoms. The van der Waals surface area contributed by atoms with E-state index in [9.17, 15) is 4.79 Å². The average molecular weight is 349 g/mol. The van der Waals surface area contributed by atoms with Crippen LogP contribution in [0.4, 0.5) is 5.82 Å². The fourth-order valence-electron chi connectivity index (χ4n) is 2.19. The third kappa shape index (κ3) is 7.98. The number of hydrogen-bond acceptors (Lipinski definition) is 4. The Labute approximate surface area is 150 Å². The molecule has 0 saturated carbocycles. The van der Waals surface area contributed by atoms with Crippen molar-refractivity contribution < 1.29 is 9.53 Å². The summed E-state index contributed by atoms with van der Waals surface area (Å²) in [6.45, 7) is 9.45. The number of nitrogens with one attached hydrogen (secondary N) is 3. The Morgan fingerprint density at radius 3 is 2.56 bits per heavy atom. The van der Waals surface area contributed by atoms with Gasteiger partial charge in [0.25, 0.3) is 0 Å². The molecular formula is C18H31N5O2. The van der Waals surface area contributed by atoms with Gasteiger partial charge in [0.1, 0.15) is 5.82 Å². The van der Waals surface area contributed by atoms with E-state index in [0.29, 0.717) is 31.3 Å². The van der Waals surface area contributed by atoms with Gasteiger partial charge in [0, 0.05) is 39.9 Å². The van der Waals surface area contributed by atoms with Gasteiger partial charge < -0.3 is 20.7 Å². The van der Waals surface area contributed by atoms with Gasteiger partial charge in [-0.2, -0.15) is 0 Å². The number of aromatic nitrogens is 1. The summed E-state index contributed by atoms with van der Waals surface area (Å²) < 4.78 is 5.51. The molecule has 0 radical (unpaired) electrons. The van der Waals surface area contributed by atoms with Crippen molar-refractivity contribution in [2.75, 3.05) is 32.6 Å². The molecule has 25 heavy (non-hydrogen) atoms. The van der Waals surface area contributed by atoms with Gasteiger partial charge in [-0.05, 0) is 24.0 Å². The van der Waals surface area contributed by atoms with E-state index in [1.165, 1.54) is 0 Å². The predicted octanol–water partition coefficient (Wildman–Crippen LogP) is 1.94. The van der Waals surface area contributed by atoms with E-state index >= 15 is 0 Å². The van der Waals surface area contributed by atoms with E-state index in [0.717, 1.165) is 5.56 Å². The number of amides is 1. The van der Waals surface area contributed by atoms with Gasteiger partial charge in [0.15, 0.2) is 5.96 Å². The van der Waals surface area contributed by atoms with Crippen LogP contribution in [0.2, 0.25) is 0 Å². The van der Waals surface area contributed by atoms with Crippen molar-refractivity contribution in [3.05, 3.63) is 23.9 Å². The Bertz CT molecular complexity index is 564. The lowest BCUT2D eigenvalue weighted by Gasteiger charge is -2.30. The van der Waals surface area contributed by atoms with Crippen LogP contribution < -0.4 is 16.0 Å². The summed E-state index contributed by atoms with van der Waals surface area (Å²) in [6, 6.07) is 3.70. The summed E-state index contributed by atoms with van der Waals surface area (Å²) >= 11 is 0. The quantitative estimate of drug-likeness (QED) is 0.517. The monoisotopic (exact) mass is 349 g/mol. The minimum atomic E-state index is -0.0937. The molecule has 1 rings (SSSR count). The summed E-state index contributed by atoms with van der Waals surface area (Å²) in [7, 11) is 3.40. The van der Waals surface area contributed by atoms with Crippen LogP contribution in [-0.4, -0.2) is 50.2 Å². The number of anilines is 1. The molecule has 0 aliphatic carbocycles. The average Bonchev–Trinajstić information content (AvgIpc) is 2.54. The summed E-state index contributed by atoms with van der Waals surface area (Å²) in [5, 5.41) is 9.12. The zero-order chi connectivity index (χ0) is 18.9. The van der Waals surface area contributed by atoms with Crippen molar-refractivity contribution in [3.8, 4) is 0 Å². The summed E-state index contributed by atoms with van der Waals surface area (Å²) in [5.74, 6) is 1.11. The molecule has 1 atom stereocenters. The second kappa shape index (κ2) is 9.98. The van der Waals surface area contributed by atoms with Crippen LogP contribution in [0.15, 0.2) is 23.3 Å². The highest BCUT2D eigenvalue weighted by atomic mass is 16.5. The minimum absolute atomic E-state index is 0.0293. The number of aliphatic imine (C=N–C) groups is 1. The van der Waals surface area contributed by atoms with E-state index in [1.54, 1.807) is 26.4 Å². The van der Waals surface area contributed by atoms with Gasteiger partial charge in [0.05, 0.1) is 6.10 Å². The highest BCUT2D eigenvalue weighted by Crippen LogP contribution is 2.20. The fourth-order valence-corrected chi connectivity index (χ4v) is 2.19. The van der Waals surface area contributed by atoms with Gasteiger partial charge in [-0.15, -0.1) is 0 Å². The SMILES string of the molecule is CN=C(NCCC(=O)Nc1ccc(C)cn1)NCC(OC)C(C)(C)C. The van der Waals surface area contributed by atoms with Crippen molar-refractivity contribution in [3.63, 3.8) is 0 Å². The van der Waals surface area contributed by atoms with Crippen molar-refractivity contribution in [1.82, 2.24) is 15.6 Å². The Morgan fingerprint density at radius 1 is 1.32 bits per heavy atom. The van der Waals surface area contributed by atoms with Crippen LogP contribution >= 0.6 is 0 Å². The van der Waals surface area contributed by atoms with Crippen molar-refractivity contribution in [1.29, 1.82) is 0 Å². The molecule has 0 aliphatic heterocycles. The molecule has 1 heterocycles. The zero-order valence-corrected chi connectivity index (χ0v) is 16.1. The van der Waals surface area contributed by atoms with Crippen molar-refractivity contribution in [2.24, 2.45) is 10.4 Å². The van der Waals surface area contributed by atoms with Gasteiger partial charge in [-0.3, -0.25) is 9.79 Å². The maximum Gasteiger partial charge on any atom is 0.227 e. The fraction of sp³-hybridized carbons (Fsp3) is 0.611. The summed E-state index contributed by atoms with van der Waals surface area (Å²) in [4.78, 5) is 20.3. The molecular weight excluding hydrogens is 318 g/mol. The topological polar surface area (TPSA) is 87.6 Å². The molecule has 7 nitrogen and oxygen atoms in total. The third-order valence-corrected chi connectivity index (χ3v) is 3.75. The van der Waals surface area contributed by atoms with E-state index < -0.39 is 0 Å². The number of guanidine groups is 1. The maximum atomic E-state index is 11.9. The first-order chi connectivity index (χ1) is 11.8. The first kappa shape index (κ1) is 20.9. The van der Waals surface area contributed by atoms with Crippen LogP contribution in [0.5, 0.6) is 0 Å². The predicted molar refractivity (Wildman–Crippen MR) is 102 cm³/mol. The highest BCUT2D eigenvalue weighted by molar-refractivity contribution is 5.90. The van der Waals surface area contributed by atoms with E-state index in [-0.39, 0.29) is 17.4 Å². The van der Waals surface area contributed by atoms with Gasteiger partial charge >= 0.3 is 0 Å². The number of nitrogens with zero attached hydrogens (tertiary/aromatic N) is 2. The third-order valence-electron chi connectivity index (χ3n) is 3.75. The van der Waals surface area contributed by atoms with Gasteiger partial charge in [0.2, 0.25) is 5.91 Å². The smallest absolute Gasteiger partial charge is 0.227 e. The number of aryl methyl sites for hydroxylation is 1. The number of ether oxygens (including phenoxy) is 1. The summed E-state index contributed by atoms with van der Waals surface area (Å²) in [6.07, 6.45) is 2.10. The maximum absolute atomic E-state index is 11.9. The number of carbonyl (C=O) groups is 1. The van der Waals surface area contributed by atoms with Gasteiger partial charge in [-0.1, -0.05) is 26.8 Å². The molecule has 3 N–H and O–H groups in total. The second-order valence-corrected chi connectivity index (χ2v) is 6.99. The minimum Gasteiger partial charge on any atom is -0.379 e. The number of pyridine rings is 1. The van der Waals surface area contributed by atoms with Crippen LogP contribution in [0.3, 0.4) is 0 Å². The number of rotatable bonds is 7. The second-order valence-electron chi connectivity index (χ2n) is 6.99. The Balaban J connectivity index is 2.35. The van der Waals surface area contributed by atoms with E-state index in [2.05, 4.69) is 46.7 Å². The lowest BCUT2D eigenvalue weighted by atomic mass is 9.89. The molecule has 1 aromatic rings. The van der Waals surface area contributed by atoms with Crippen LogP contribution in [0.1, 0.15) is 32.8 Å². The van der Waals surface area contributed by atoms with Crippen LogP contribution in [0, 0.1) is 12.3 Å². The largest absolute Gasteiger partial charge is 0.379 e. The lowest BCUT2D eigenvalue weighted by molar-refractivity contribution is -0.116. The number of hydrogen-bond donors (Lipinski definition) is 3. The molecule has 1 aromatic heterocycles. The van der Waals surface area contributed by atoms with Crippen molar-refractivity contribution in [2.45, 2.75) is 40.2 Å². The molecule has 1 unspecified atom stereocenters. The molecule has 0 aromatic carbocycles. The molecule has 7 heteroatoms. The first-order valence-electron chi connectivity index (χ1n) is 8.46. The molecule has 0 fully saturated rings. The van der Waals surface area contributed by atoms with E-state index in [1.807, 2.05) is 13.0 Å². The van der Waals surface area contributed by atoms with Gasteiger partial charge in [-0.25, -0.2) is 4.98 Å². The standard InChI is InChI=1S/C18H31N5O2/c1-13-7-8-15(21-11-13)23-16(24)9-10-20-17(19-5)22-12-14(25-6)18(2,3)4/h7-8,11,14H,9-10,12H2,1-6H3,(H2,19,20,22)(H,21,23,24). The Kier molecular flexibility index (Phi) is 8.34. The van der Waals surface area contributed by atoms with Crippen molar-refractivity contribution >= 4 is 17.7 Å². The number of methoxy groups -OCH3 is 1. The molecule has 0 aliphatic rings. The summed E-state index contributed by atoms with van der Waals surface area (Å²) in [5.41, 5.74) is 1.08.